The van der Waals surface area contributed by atoms with Gasteiger partial charge in [0, 0.05) is 6.61 Å². The van der Waals surface area contributed by atoms with E-state index in [-0.39, 0.29) is 5.60 Å². The van der Waals surface area contributed by atoms with Gasteiger partial charge in [-0.15, -0.1) is 0 Å². The lowest BCUT2D eigenvalue weighted by Gasteiger charge is -2.35. The van der Waals surface area contributed by atoms with E-state index in [1.54, 1.807) is 0 Å². The lowest BCUT2D eigenvalue weighted by atomic mass is 9.86. The second kappa shape index (κ2) is 3.74. The minimum Gasteiger partial charge on any atom is -0.371 e. The summed E-state index contributed by atoms with van der Waals surface area (Å²) in [5.41, 5.74) is 2.67. The van der Waals surface area contributed by atoms with Gasteiger partial charge in [0.15, 0.2) is 0 Å². The molecule has 1 saturated heterocycles. The third-order valence-electron chi connectivity index (χ3n) is 3.18. The molecule has 1 aromatic carbocycles. The van der Waals surface area contributed by atoms with Crippen LogP contribution in [0.15, 0.2) is 24.3 Å². The van der Waals surface area contributed by atoms with Crippen LogP contribution in [0.4, 0.5) is 0 Å². The first-order chi connectivity index (χ1) is 6.72. The molecule has 0 aromatic heterocycles. The van der Waals surface area contributed by atoms with Crippen molar-refractivity contribution in [1.29, 1.82) is 0 Å². The van der Waals surface area contributed by atoms with E-state index in [1.807, 2.05) is 0 Å². The highest BCUT2D eigenvalue weighted by atomic mass is 16.5. The van der Waals surface area contributed by atoms with E-state index < -0.39 is 0 Å². The molecule has 0 saturated carbocycles. The maximum Gasteiger partial charge on any atom is 0.0905 e. The molecule has 1 fully saturated rings. The molecule has 1 unspecified atom stereocenters. The molecule has 1 aliphatic heterocycles. The highest BCUT2D eigenvalue weighted by Gasteiger charge is 2.30. The smallest absolute Gasteiger partial charge is 0.0905 e. The third-order valence-corrected chi connectivity index (χ3v) is 3.18. The van der Waals surface area contributed by atoms with Crippen molar-refractivity contribution >= 4 is 0 Å². The molecule has 1 heterocycles. The minimum atomic E-state index is -0.0381. The third kappa shape index (κ3) is 1.69. The number of ether oxygens (including phenoxy) is 1. The number of hydrogen-bond acceptors (Lipinski definition) is 1. The van der Waals surface area contributed by atoms with Gasteiger partial charge in [0.1, 0.15) is 0 Å². The van der Waals surface area contributed by atoms with Crippen LogP contribution in [-0.4, -0.2) is 6.61 Å². The normalized spacial score (nSPS) is 27.6. The molecule has 14 heavy (non-hydrogen) atoms. The Morgan fingerprint density at radius 1 is 1.21 bits per heavy atom. The molecule has 0 bridgehead atoms. The molecule has 0 radical (unpaired) electrons. The zero-order valence-electron chi connectivity index (χ0n) is 9.05. The van der Waals surface area contributed by atoms with Gasteiger partial charge in [-0.3, -0.25) is 0 Å². The fourth-order valence-corrected chi connectivity index (χ4v) is 2.31. The first-order valence-electron chi connectivity index (χ1n) is 5.42. The van der Waals surface area contributed by atoms with Crippen LogP contribution >= 0.6 is 0 Å². The van der Waals surface area contributed by atoms with Crippen LogP contribution in [0.5, 0.6) is 0 Å². The van der Waals surface area contributed by atoms with E-state index in [0.717, 1.165) is 13.0 Å². The Balaban J connectivity index is 2.32. The Labute approximate surface area is 86.1 Å². The largest absolute Gasteiger partial charge is 0.371 e. The molecule has 0 aliphatic carbocycles. The Morgan fingerprint density at radius 2 is 2.00 bits per heavy atom. The van der Waals surface area contributed by atoms with Gasteiger partial charge >= 0.3 is 0 Å². The monoisotopic (exact) mass is 190 g/mol. The van der Waals surface area contributed by atoms with E-state index in [1.165, 1.54) is 24.0 Å². The zero-order chi connectivity index (χ0) is 10.0. The van der Waals surface area contributed by atoms with Gasteiger partial charge in [-0.05, 0) is 44.2 Å². The first-order valence-corrected chi connectivity index (χ1v) is 5.42. The SMILES string of the molecule is Cc1ccccc1C1(C)CCCCO1. The summed E-state index contributed by atoms with van der Waals surface area (Å²) in [6, 6.07) is 8.55. The molecule has 76 valence electrons. The van der Waals surface area contributed by atoms with Crippen molar-refractivity contribution in [3.8, 4) is 0 Å². The van der Waals surface area contributed by atoms with Crippen LogP contribution < -0.4 is 0 Å². The van der Waals surface area contributed by atoms with Gasteiger partial charge in [-0.2, -0.15) is 0 Å². The molecule has 0 N–H and O–H groups in total. The molecule has 1 heteroatoms. The highest BCUT2D eigenvalue weighted by Crippen LogP contribution is 2.35. The van der Waals surface area contributed by atoms with Crippen molar-refractivity contribution in [2.45, 2.75) is 38.7 Å². The molecular weight excluding hydrogens is 172 g/mol. The number of benzene rings is 1. The predicted octanol–water partition coefficient (Wildman–Crippen LogP) is 3.41. The number of rotatable bonds is 1. The summed E-state index contributed by atoms with van der Waals surface area (Å²) < 4.78 is 5.93. The first kappa shape index (κ1) is 9.72. The van der Waals surface area contributed by atoms with Gasteiger partial charge in [-0.25, -0.2) is 0 Å². The van der Waals surface area contributed by atoms with E-state index >= 15 is 0 Å². The lowest BCUT2D eigenvalue weighted by Crippen LogP contribution is -2.30. The average molecular weight is 190 g/mol. The van der Waals surface area contributed by atoms with Crippen molar-refractivity contribution in [3.63, 3.8) is 0 Å². The summed E-state index contributed by atoms with van der Waals surface area (Å²) in [4.78, 5) is 0. The molecule has 1 aromatic rings. The van der Waals surface area contributed by atoms with Crippen LogP contribution in [0, 0.1) is 6.92 Å². The van der Waals surface area contributed by atoms with Crippen molar-refractivity contribution in [2.24, 2.45) is 0 Å². The van der Waals surface area contributed by atoms with Crippen LogP contribution in [0.3, 0.4) is 0 Å². The topological polar surface area (TPSA) is 9.23 Å². The second-order valence-corrected chi connectivity index (χ2v) is 4.35. The zero-order valence-corrected chi connectivity index (χ0v) is 9.05. The highest BCUT2D eigenvalue weighted by molar-refractivity contribution is 5.31. The number of aryl methyl sites for hydroxylation is 1. The van der Waals surface area contributed by atoms with E-state index in [4.69, 9.17) is 4.74 Å². The van der Waals surface area contributed by atoms with Crippen LogP contribution in [0.1, 0.15) is 37.3 Å². The Morgan fingerprint density at radius 3 is 2.64 bits per heavy atom. The summed E-state index contributed by atoms with van der Waals surface area (Å²) in [5, 5.41) is 0. The van der Waals surface area contributed by atoms with Gasteiger partial charge < -0.3 is 4.74 Å². The van der Waals surface area contributed by atoms with E-state index in [0.29, 0.717) is 0 Å². The van der Waals surface area contributed by atoms with E-state index in [2.05, 4.69) is 38.1 Å². The van der Waals surface area contributed by atoms with Crippen LogP contribution in [0.2, 0.25) is 0 Å². The Kier molecular flexibility index (Phi) is 2.60. The summed E-state index contributed by atoms with van der Waals surface area (Å²) in [6.07, 6.45) is 3.64. The molecule has 1 atom stereocenters. The van der Waals surface area contributed by atoms with Crippen LogP contribution in [0.25, 0.3) is 0 Å². The van der Waals surface area contributed by atoms with Gasteiger partial charge in [-0.1, -0.05) is 24.3 Å². The van der Waals surface area contributed by atoms with Crippen molar-refractivity contribution in [3.05, 3.63) is 35.4 Å². The Hall–Kier alpha value is -0.820. The number of hydrogen-bond donors (Lipinski definition) is 0. The molecule has 2 rings (SSSR count). The maximum absolute atomic E-state index is 5.93. The summed E-state index contributed by atoms with van der Waals surface area (Å²) in [6.45, 7) is 5.29. The molecule has 0 amide bonds. The standard InChI is InChI=1S/C13H18O/c1-11-7-3-4-8-12(11)13(2)9-5-6-10-14-13/h3-4,7-8H,5-6,9-10H2,1-2H3. The van der Waals surface area contributed by atoms with Gasteiger partial charge in [0.25, 0.3) is 0 Å². The van der Waals surface area contributed by atoms with Crippen molar-refractivity contribution in [1.82, 2.24) is 0 Å². The fourth-order valence-electron chi connectivity index (χ4n) is 2.31. The molecule has 0 spiro atoms. The predicted molar refractivity (Wildman–Crippen MR) is 58.3 cm³/mol. The molecular formula is C13H18O. The van der Waals surface area contributed by atoms with Gasteiger partial charge in [0.2, 0.25) is 0 Å². The van der Waals surface area contributed by atoms with Gasteiger partial charge in [0.05, 0.1) is 5.60 Å². The average Bonchev–Trinajstić information content (AvgIpc) is 2.19. The Bertz CT molecular complexity index is 311. The van der Waals surface area contributed by atoms with Crippen molar-refractivity contribution in [2.75, 3.05) is 6.61 Å². The fraction of sp³-hybridized carbons (Fsp3) is 0.538. The minimum absolute atomic E-state index is 0.0381. The maximum atomic E-state index is 5.93. The second-order valence-electron chi connectivity index (χ2n) is 4.35. The van der Waals surface area contributed by atoms with E-state index in [9.17, 15) is 0 Å². The quantitative estimate of drug-likeness (QED) is 0.659. The van der Waals surface area contributed by atoms with Crippen molar-refractivity contribution < 1.29 is 4.74 Å². The summed E-state index contributed by atoms with van der Waals surface area (Å²) in [7, 11) is 0. The van der Waals surface area contributed by atoms with Crippen LogP contribution in [-0.2, 0) is 10.3 Å². The molecule has 1 aliphatic rings. The molecule has 1 nitrogen and oxygen atoms in total. The lowest BCUT2D eigenvalue weighted by molar-refractivity contribution is -0.0705. The summed E-state index contributed by atoms with van der Waals surface area (Å²) >= 11 is 0. The summed E-state index contributed by atoms with van der Waals surface area (Å²) in [5.74, 6) is 0.